The van der Waals surface area contributed by atoms with Crippen molar-refractivity contribution in [3.63, 3.8) is 0 Å². The molecular formula is C52H128N8O4. The molecular weight excluding hydrogens is 801 g/mol. The first-order valence-corrected chi connectivity index (χ1v) is 27.3. The van der Waals surface area contributed by atoms with Gasteiger partial charge in [-0.3, -0.25) is 0 Å². The van der Waals surface area contributed by atoms with Crippen molar-refractivity contribution in [2.75, 3.05) is 65.7 Å². The Morgan fingerprint density at radius 2 is 0.453 bits per heavy atom. The predicted octanol–water partition coefficient (Wildman–Crippen LogP) is 9.65. The highest BCUT2D eigenvalue weighted by Gasteiger charge is 1.96. The normalized spacial score (nSPS) is 10.8. The highest BCUT2D eigenvalue weighted by Crippen LogP contribution is 2.06. The summed E-state index contributed by atoms with van der Waals surface area (Å²) in [5.74, 6) is 0. The van der Waals surface area contributed by atoms with Crippen LogP contribution in [0.15, 0.2) is 0 Å². The van der Waals surface area contributed by atoms with Gasteiger partial charge in [0.1, 0.15) is 0 Å². The minimum Gasteiger partial charge on any atom is -0.396 e. The van der Waals surface area contributed by atoms with E-state index in [1.165, 1.54) is 141 Å². The van der Waals surface area contributed by atoms with Gasteiger partial charge < -0.3 is 66.3 Å². The fourth-order valence-corrected chi connectivity index (χ4v) is 5.41. The number of nitrogens with two attached hydrogens (primary N) is 8. The summed E-state index contributed by atoms with van der Waals surface area (Å²) in [6.45, 7) is 19.0. The Morgan fingerprint density at radius 1 is 0.250 bits per heavy atom. The lowest BCUT2D eigenvalue weighted by molar-refractivity contribution is 0.258. The summed E-state index contributed by atoms with van der Waals surface area (Å²) in [4.78, 5) is 0. The molecule has 12 heteroatoms. The van der Waals surface area contributed by atoms with Gasteiger partial charge >= 0.3 is 0 Å². The smallest absolute Gasteiger partial charge is 0.0582 e. The van der Waals surface area contributed by atoms with E-state index in [2.05, 4.69) is 41.5 Å². The lowest BCUT2D eigenvalue weighted by Gasteiger charge is -2.04. The number of unbranched alkanes of at least 4 members (excludes halogenated alkanes) is 24. The highest BCUT2D eigenvalue weighted by molar-refractivity contribution is 4.57. The number of hydrogen-bond acceptors (Lipinski definition) is 12. The first-order chi connectivity index (χ1) is 31.1. The third-order valence-corrected chi connectivity index (χ3v) is 9.76. The van der Waals surface area contributed by atoms with Crippen LogP contribution < -0.4 is 45.9 Å². The quantitative estimate of drug-likeness (QED) is 0.0258. The van der Waals surface area contributed by atoms with Gasteiger partial charge in [-0.05, 0) is 110 Å². The second-order valence-electron chi connectivity index (χ2n) is 16.8. The van der Waals surface area contributed by atoms with Crippen LogP contribution >= 0.6 is 0 Å². The zero-order valence-electron chi connectivity index (χ0n) is 44.7. The molecule has 400 valence electrons. The summed E-state index contributed by atoms with van der Waals surface area (Å²) in [7, 11) is 0. The van der Waals surface area contributed by atoms with Gasteiger partial charge in [-0.1, -0.05) is 189 Å². The fourth-order valence-electron chi connectivity index (χ4n) is 5.41. The number of hydrogen-bond donors (Lipinski definition) is 12. The van der Waals surface area contributed by atoms with Crippen LogP contribution in [0, 0.1) is 0 Å². The van der Waals surface area contributed by atoms with Gasteiger partial charge in [-0.25, -0.2) is 0 Å². The molecule has 0 aliphatic rings. The van der Waals surface area contributed by atoms with Crippen LogP contribution in [0.2, 0.25) is 0 Å². The molecule has 0 saturated heterocycles. The molecule has 0 rings (SSSR count). The summed E-state index contributed by atoms with van der Waals surface area (Å²) >= 11 is 0. The molecule has 0 bridgehead atoms. The molecule has 0 aromatic heterocycles. The van der Waals surface area contributed by atoms with E-state index in [0.717, 1.165) is 116 Å². The van der Waals surface area contributed by atoms with E-state index < -0.39 is 0 Å². The maximum absolute atomic E-state index is 8.44. The third kappa shape index (κ3) is 131. The monoisotopic (exact) mass is 929 g/mol. The summed E-state index contributed by atoms with van der Waals surface area (Å²) in [5.41, 5.74) is 42.5. The minimum atomic E-state index is 0.00463. The average molecular weight is 930 g/mol. The minimum absolute atomic E-state index is 0.00463. The molecule has 0 aliphatic carbocycles. The van der Waals surface area contributed by atoms with Gasteiger partial charge in [0.05, 0.1) is 13.2 Å². The summed E-state index contributed by atoms with van der Waals surface area (Å²) in [6, 6.07) is 0.0138. The molecule has 0 fully saturated rings. The van der Waals surface area contributed by atoms with E-state index in [1.54, 1.807) is 0 Å². The molecule has 0 radical (unpaired) electrons. The maximum atomic E-state index is 8.44. The lowest BCUT2D eigenvalue weighted by Crippen LogP contribution is -2.23. The van der Waals surface area contributed by atoms with Crippen LogP contribution in [0.25, 0.3) is 0 Å². The standard InChI is InChI=1S/C9H21N.C8H19N.C7H17N.2C6H15NO.C6H15N.2C5H13NO/c1-2-3-4-5-6-7-8-9-10;1-2-3-4-5-6-7-8-9;1-2-3-4-5-6-7-8;1-2-3-4-6(7)5-8;7-5-3-1-2-4-6-8;1-2-3-4-5-6-7;1-2-3-5(6)4-7;6-4-2-1-3-5-7/h2-10H2,1H3;2-9H2,1H3;2-8H2,1H3;6,8H,2-5,7H2,1H3;8H,1-7H2;2-7H2,1H3;5,7H,2-4,6H2,1H3;7H,1-6H2. The largest absolute Gasteiger partial charge is 0.396 e. The topological polar surface area (TPSA) is 289 Å². The second kappa shape index (κ2) is 96.5. The molecule has 2 atom stereocenters. The van der Waals surface area contributed by atoms with Crippen molar-refractivity contribution in [1.82, 2.24) is 0 Å². The van der Waals surface area contributed by atoms with Crippen LogP contribution in [-0.2, 0) is 0 Å². The van der Waals surface area contributed by atoms with Crippen molar-refractivity contribution in [3.8, 4) is 0 Å². The summed E-state index contributed by atoms with van der Waals surface area (Å²) < 4.78 is 0. The number of rotatable bonds is 38. The molecule has 2 unspecified atom stereocenters. The Kier molecular flexibility index (Phi) is 121. The number of aliphatic hydroxyl groups excluding tert-OH is 4. The molecule has 0 aromatic carbocycles. The maximum Gasteiger partial charge on any atom is 0.0582 e. The van der Waals surface area contributed by atoms with E-state index in [1.807, 2.05) is 0 Å². The van der Waals surface area contributed by atoms with Crippen LogP contribution in [-0.4, -0.2) is 98.2 Å². The Bertz CT molecular complexity index is 564. The van der Waals surface area contributed by atoms with E-state index >= 15 is 0 Å². The van der Waals surface area contributed by atoms with Crippen molar-refractivity contribution in [3.05, 3.63) is 0 Å². The van der Waals surface area contributed by atoms with Crippen LogP contribution in [0.5, 0.6) is 0 Å². The van der Waals surface area contributed by atoms with Crippen molar-refractivity contribution >= 4 is 0 Å². The lowest BCUT2D eigenvalue weighted by atomic mass is 10.1. The van der Waals surface area contributed by atoms with Crippen molar-refractivity contribution in [2.24, 2.45) is 45.9 Å². The van der Waals surface area contributed by atoms with Gasteiger partial charge in [0.25, 0.3) is 0 Å². The first kappa shape index (κ1) is 80.5. The van der Waals surface area contributed by atoms with E-state index in [4.69, 9.17) is 66.3 Å². The molecule has 0 amide bonds. The Hall–Kier alpha value is -0.480. The molecule has 20 N–H and O–H groups in total. The summed E-state index contributed by atoms with van der Waals surface area (Å²) in [6.07, 6.45) is 41.9. The Labute approximate surface area is 402 Å². The van der Waals surface area contributed by atoms with E-state index in [0.29, 0.717) is 13.2 Å². The molecule has 12 nitrogen and oxygen atoms in total. The van der Waals surface area contributed by atoms with Crippen LogP contribution in [0.4, 0.5) is 0 Å². The zero-order chi connectivity index (χ0) is 50.3. The number of aliphatic hydroxyl groups is 4. The van der Waals surface area contributed by atoms with Crippen LogP contribution in [0.1, 0.15) is 260 Å². The van der Waals surface area contributed by atoms with Gasteiger partial charge in [-0.2, -0.15) is 0 Å². The zero-order valence-corrected chi connectivity index (χ0v) is 44.7. The SMILES string of the molecule is CCCC(N)CO.CCCCC(N)CO.CCCCCCCCCN.CCCCCCCCN.CCCCCCCN.CCCCCCN.NCCCCCCO.NCCCCCO. The molecule has 0 spiro atoms. The third-order valence-electron chi connectivity index (χ3n) is 9.76. The fraction of sp³-hybridized carbons (Fsp3) is 1.00. The molecule has 0 saturated carbocycles. The van der Waals surface area contributed by atoms with Crippen molar-refractivity contribution in [2.45, 2.75) is 272 Å². The van der Waals surface area contributed by atoms with E-state index in [-0.39, 0.29) is 25.3 Å². The van der Waals surface area contributed by atoms with Crippen LogP contribution in [0.3, 0.4) is 0 Å². The van der Waals surface area contributed by atoms with Gasteiger partial charge in [-0.15, -0.1) is 0 Å². The van der Waals surface area contributed by atoms with Gasteiger partial charge in [0.15, 0.2) is 0 Å². The Morgan fingerprint density at radius 3 is 0.656 bits per heavy atom. The molecule has 0 aliphatic heterocycles. The molecule has 0 heterocycles. The molecule has 0 aromatic rings. The van der Waals surface area contributed by atoms with Gasteiger partial charge in [0.2, 0.25) is 0 Å². The summed E-state index contributed by atoms with van der Waals surface area (Å²) in [5, 5.41) is 33.4. The van der Waals surface area contributed by atoms with Crippen molar-refractivity contribution < 1.29 is 20.4 Å². The molecule has 64 heavy (non-hydrogen) atoms. The predicted molar refractivity (Wildman–Crippen MR) is 290 cm³/mol. The average Bonchev–Trinajstić information content (AvgIpc) is 3.31. The highest BCUT2D eigenvalue weighted by atomic mass is 16.3. The second-order valence-corrected chi connectivity index (χ2v) is 16.8. The van der Waals surface area contributed by atoms with E-state index in [9.17, 15) is 0 Å². The van der Waals surface area contributed by atoms with Crippen molar-refractivity contribution in [1.29, 1.82) is 0 Å². The Balaban J connectivity index is -0.0000000936. The van der Waals surface area contributed by atoms with Gasteiger partial charge in [0, 0.05) is 25.3 Å². The first-order valence-electron chi connectivity index (χ1n) is 27.3.